The molecule has 0 spiro atoms. The fraction of sp³-hybridized carbons (Fsp3) is 0.818. The van der Waals surface area contributed by atoms with E-state index in [1.54, 1.807) is 0 Å². The van der Waals surface area contributed by atoms with Crippen LogP contribution in [0.5, 0.6) is 0 Å². The molecule has 1 aliphatic heterocycles. The van der Waals surface area contributed by atoms with Gasteiger partial charge < -0.3 is 20.6 Å². The molecule has 1 saturated heterocycles. The molecule has 1 fully saturated rings. The Kier molecular flexibility index (Phi) is 5.35. The molecule has 0 unspecified atom stereocenters. The highest BCUT2D eigenvalue weighted by atomic mass is 32.2. The molecule has 3 N–H and O–H groups in total. The number of oxime groups is 1. The monoisotopic (exact) mass is 307 g/mol. The molecule has 1 rings (SSSR count). The van der Waals surface area contributed by atoms with Crippen LogP contribution in [0.4, 0.5) is 0 Å². The molecular formula is C11H21N3O5S. The SMILES string of the molecule is CN(CCS(C)(=O)=O)C(=O)C1(C(N)=NO)CCOCC1. The number of amidine groups is 1. The second-order valence-corrected chi connectivity index (χ2v) is 7.30. The van der Waals surface area contributed by atoms with Gasteiger partial charge in [0.25, 0.3) is 0 Å². The quantitative estimate of drug-likeness (QED) is 0.292. The smallest absolute Gasteiger partial charge is 0.236 e. The summed E-state index contributed by atoms with van der Waals surface area (Å²) in [7, 11) is -1.65. The van der Waals surface area contributed by atoms with Gasteiger partial charge in [0.1, 0.15) is 15.3 Å². The van der Waals surface area contributed by atoms with E-state index in [2.05, 4.69) is 5.16 Å². The maximum absolute atomic E-state index is 12.5. The lowest BCUT2D eigenvalue weighted by molar-refractivity contribution is -0.141. The fourth-order valence-corrected chi connectivity index (χ4v) is 2.77. The van der Waals surface area contributed by atoms with Crippen molar-refractivity contribution in [1.82, 2.24) is 4.90 Å². The number of carbonyl (C=O) groups is 1. The summed E-state index contributed by atoms with van der Waals surface area (Å²) >= 11 is 0. The fourth-order valence-electron chi connectivity index (χ4n) is 2.16. The maximum Gasteiger partial charge on any atom is 0.236 e. The largest absolute Gasteiger partial charge is 0.409 e. The van der Waals surface area contributed by atoms with Crippen molar-refractivity contribution in [3.63, 3.8) is 0 Å². The highest BCUT2D eigenvalue weighted by molar-refractivity contribution is 7.90. The number of carbonyl (C=O) groups excluding carboxylic acids is 1. The number of amides is 1. The summed E-state index contributed by atoms with van der Waals surface area (Å²) in [5.74, 6) is -0.630. The van der Waals surface area contributed by atoms with Gasteiger partial charge in [-0.3, -0.25) is 4.79 Å². The van der Waals surface area contributed by atoms with E-state index in [1.165, 1.54) is 11.9 Å². The highest BCUT2D eigenvalue weighted by Crippen LogP contribution is 2.32. The number of sulfone groups is 1. The minimum Gasteiger partial charge on any atom is -0.409 e. The third-order valence-corrected chi connectivity index (χ3v) is 4.42. The van der Waals surface area contributed by atoms with Gasteiger partial charge >= 0.3 is 0 Å². The summed E-state index contributed by atoms with van der Waals surface area (Å²) in [5.41, 5.74) is 4.57. The average Bonchev–Trinajstić information content (AvgIpc) is 2.42. The second kappa shape index (κ2) is 6.40. The van der Waals surface area contributed by atoms with E-state index in [1.807, 2.05) is 0 Å². The first-order valence-electron chi connectivity index (χ1n) is 6.22. The summed E-state index contributed by atoms with van der Waals surface area (Å²) in [4.78, 5) is 13.9. The van der Waals surface area contributed by atoms with Gasteiger partial charge in [0.2, 0.25) is 5.91 Å². The van der Waals surface area contributed by atoms with E-state index < -0.39 is 15.3 Å². The third-order valence-electron chi connectivity index (χ3n) is 3.50. The Balaban J connectivity index is 2.88. The minimum atomic E-state index is -3.16. The van der Waals surface area contributed by atoms with Crippen molar-refractivity contribution in [2.75, 3.05) is 38.8 Å². The summed E-state index contributed by atoms with van der Waals surface area (Å²) in [6, 6.07) is 0. The lowest BCUT2D eigenvalue weighted by Gasteiger charge is -2.37. The molecule has 9 heteroatoms. The maximum atomic E-state index is 12.5. The lowest BCUT2D eigenvalue weighted by atomic mass is 9.77. The zero-order valence-corrected chi connectivity index (χ0v) is 12.5. The molecule has 0 aromatic heterocycles. The molecule has 20 heavy (non-hydrogen) atoms. The van der Waals surface area contributed by atoms with E-state index >= 15 is 0 Å². The first-order chi connectivity index (χ1) is 9.23. The predicted molar refractivity (Wildman–Crippen MR) is 73.2 cm³/mol. The zero-order valence-electron chi connectivity index (χ0n) is 11.7. The van der Waals surface area contributed by atoms with Crippen LogP contribution in [0.1, 0.15) is 12.8 Å². The minimum absolute atomic E-state index is 0.0684. The Bertz CT molecular complexity index is 482. The molecule has 116 valence electrons. The van der Waals surface area contributed by atoms with Gasteiger partial charge in [-0.15, -0.1) is 0 Å². The summed E-state index contributed by atoms with van der Waals surface area (Å²) < 4.78 is 27.5. The molecular weight excluding hydrogens is 286 g/mol. The van der Waals surface area contributed by atoms with Crippen molar-refractivity contribution in [2.24, 2.45) is 16.3 Å². The Labute approximate surface area is 118 Å². The van der Waals surface area contributed by atoms with Gasteiger partial charge in [-0.2, -0.15) is 0 Å². The molecule has 0 aromatic carbocycles. The van der Waals surface area contributed by atoms with Crippen LogP contribution in [-0.4, -0.2) is 69.1 Å². The number of hydrogen-bond donors (Lipinski definition) is 2. The molecule has 0 aliphatic carbocycles. The van der Waals surface area contributed by atoms with E-state index in [0.29, 0.717) is 26.1 Å². The molecule has 0 saturated carbocycles. The van der Waals surface area contributed by atoms with E-state index in [0.717, 1.165) is 6.26 Å². The van der Waals surface area contributed by atoms with Crippen LogP contribution in [0.15, 0.2) is 5.16 Å². The van der Waals surface area contributed by atoms with Crippen LogP contribution >= 0.6 is 0 Å². The van der Waals surface area contributed by atoms with Crippen LogP contribution in [0.3, 0.4) is 0 Å². The van der Waals surface area contributed by atoms with Gasteiger partial charge in [0.15, 0.2) is 5.84 Å². The molecule has 0 bridgehead atoms. The van der Waals surface area contributed by atoms with Crippen LogP contribution in [0, 0.1) is 5.41 Å². The first kappa shape index (κ1) is 16.7. The summed E-state index contributed by atoms with van der Waals surface area (Å²) in [6.07, 6.45) is 1.73. The standard InChI is InChI=1S/C11H21N3O5S/c1-14(5-8-20(2,17)18)10(15)11(9(12)13-16)3-6-19-7-4-11/h16H,3-8H2,1-2H3,(H2,12,13). The molecule has 8 nitrogen and oxygen atoms in total. The predicted octanol–water partition coefficient (Wildman–Crippen LogP) is -0.967. The van der Waals surface area contributed by atoms with Crippen LogP contribution in [-0.2, 0) is 19.4 Å². The summed E-state index contributed by atoms with van der Waals surface area (Å²) in [6.45, 7) is 0.739. The van der Waals surface area contributed by atoms with Gasteiger partial charge in [-0.05, 0) is 12.8 Å². The van der Waals surface area contributed by atoms with Crippen molar-refractivity contribution in [3.8, 4) is 0 Å². The third kappa shape index (κ3) is 3.83. The normalized spacial score (nSPS) is 19.6. The number of nitrogens with zero attached hydrogens (tertiary/aromatic N) is 2. The molecule has 1 aliphatic rings. The number of nitrogens with two attached hydrogens (primary N) is 1. The Morgan fingerprint density at radius 3 is 2.45 bits per heavy atom. The molecule has 0 radical (unpaired) electrons. The highest BCUT2D eigenvalue weighted by Gasteiger charge is 2.46. The summed E-state index contributed by atoms with van der Waals surface area (Å²) in [5, 5.41) is 11.9. The van der Waals surface area contributed by atoms with Crippen LogP contribution < -0.4 is 5.73 Å². The van der Waals surface area contributed by atoms with Gasteiger partial charge in [0.05, 0.1) is 5.75 Å². The lowest BCUT2D eigenvalue weighted by Crippen LogP contribution is -2.53. The van der Waals surface area contributed by atoms with Crippen molar-refractivity contribution in [3.05, 3.63) is 0 Å². The number of rotatable bonds is 5. The average molecular weight is 307 g/mol. The molecule has 1 amide bonds. The van der Waals surface area contributed by atoms with Gasteiger partial charge in [-0.25, -0.2) is 8.42 Å². The van der Waals surface area contributed by atoms with Gasteiger partial charge in [0, 0.05) is 33.1 Å². The van der Waals surface area contributed by atoms with Crippen LogP contribution in [0.25, 0.3) is 0 Å². The topological polar surface area (TPSA) is 122 Å². The number of ether oxygens (including phenoxy) is 1. The second-order valence-electron chi connectivity index (χ2n) is 5.04. The van der Waals surface area contributed by atoms with Crippen LogP contribution in [0.2, 0.25) is 0 Å². The van der Waals surface area contributed by atoms with E-state index in [9.17, 15) is 13.2 Å². The van der Waals surface area contributed by atoms with Crippen molar-refractivity contribution >= 4 is 21.6 Å². The Morgan fingerprint density at radius 2 is 2.00 bits per heavy atom. The number of hydrogen-bond acceptors (Lipinski definition) is 6. The van der Waals surface area contributed by atoms with E-state index in [-0.39, 0.29) is 24.0 Å². The first-order valence-corrected chi connectivity index (χ1v) is 8.28. The van der Waals surface area contributed by atoms with Crippen molar-refractivity contribution < 1.29 is 23.2 Å². The van der Waals surface area contributed by atoms with Crippen molar-refractivity contribution in [2.45, 2.75) is 12.8 Å². The Morgan fingerprint density at radius 1 is 1.45 bits per heavy atom. The molecule has 0 atom stereocenters. The zero-order chi connectivity index (χ0) is 15.4. The van der Waals surface area contributed by atoms with Gasteiger partial charge in [-0.1, -0.05) is 5.16 Å². The Hall–Kier alpha value is -1.35. The molecule has 0 aromatic rings. The van der Waals surface area contributed by atoms with E-state index in [4.69, 9.17) is 15.7 Å². The molecule has 1 heterocycles. The van der Waals surface area contributed by atoms with Crippen molar-refractivity contribution in [1.29, 1.82) is 0 Å².